The first-order valence-electron chi connectivity index (χ1n) is 12.4. The summed E-state index contributed by atoms with van der Waals surface area (Å²) in [5.41, 5.74) is 6.31. The maximum absolute atomic E-state index is 14.8. The molecule has 0 aromatic rings. The van der Waals surface area contributed by atoms with Crippen molar-refractivity contribution in [2.24, 2.45) is 23.0 Å². The molecule has 1 amide bonds. The van der Waals surface area contributed by atoms with Gasteiger partial charge >= 0.3 is 0 Å². The summed E-state index contributed by atoms with van der Waals surface area (Å²) in [4.78, 5) is 17.1. The molecule has 0 aromatic carbocycles. The van der Waals surface area contributed by atoms with E-state index in [4.69, 9.17) is 5.73 Å². The first kappa shape index (κ1) is 24.2. The number of piperazine rings is 1. The van der Waals surface area contributed by atoms with Crippen molar-refractivity contribution in [1.29, 1.82) is 5.26 Å². The number of carbonyl (C=O) groups is 1. The van der Waals surface area contributed by atoms with Crippen LogP contribution in [0.25, 0.3) is 0 Å². The molecular weight excluding hydrogens is 421 g/mol. The van der Waals surface area contributed by atoms with E-state index in [2.05, 4.69) is 21.2 Å². The highest BCUT2D eigenvalue weighted by Gasteiger charge is 2.44. The van der Waals surface area contributed by atoms with Gasteiger partial charge in [-0.25, -0.2) is 4.39 Å². The molecule has 3 aliphatic carbocycles. The molecular formula is C25H38FN5O2. The highest BCUT2D eigenvalue weighted by Crippen LogP contribution is 2.39. The Bertz CT molecular complexity index is 865. The quantitative estimate of drug-likeness (QED) is 0.528. The van der Waals surface area contributed by atoms with Crippen LogP contribution in [0, 0.1) is 28.6 Å². The number of hydrogen-bond donors (Lipinski definition) is 3. The molecule has 182 valence electrons. The molecule has 1 heterocycles. The van der Waals surface area contributed by atoms with Crippen molar-refractivity contribution < 1.29 is 14.3 Å². The molecule has 4 N–H and O–H groups in total. The molecule has 1 unspecified atom stereocenters. The van der Waals surface area contributed by atoms with Crippen molar-refractivity contribution in [3.8, 4) is 6.07 Å². The maximum atomic E-state index is 14.8. The van der Waals surface area contributed by atoms with Gasteiger partial charge in [-0.2, -0.15) is 5.26 Å². The van der Waals surface area contributed by atoms with Crippen LogP contribution >= 0.6 is 0 Å². The number of allylic oxidation sites excluding steroid dienone is 4. The summed E-state index contributed by atoms with van der Waals surface area (Å²) in [7, 11) is 0. The molecule has 33 heavy (non-hydrogen) atoms. The van der Waals surface area contributed by atoms with E-state index >= 15 is 0 Å². The molecule has 0 radical (unpaired) electrons. The number of halogens is 1. The van der Waals surface area contributed by atoms with Gasteiger partial charge in [0.1, 0.15) is 12.1 Å². The van der Waals surface area contributed by atoms with Crippen LogP contribution < -0.4 is 11.1 Å². The van der Waals surface area contributed by atoms with Crippen LogP contribution in [0.1, 0.15) is 65.2 Å². The first-order valence-corrected chi connectivity index (χ1v) is 12.4. The molecule has 8 heteroatoms. The van der Waals surface area contributed by atoms with E-state index in [1.807, 2.05) is 0 Å². The predicted octanol–water partition coefficient (Wildman–Crippen LogP) is 2.74. The van der Waals surface area contributed by atoms with Crippen LogP contribution in [0.3, 0.4) is 0 Å². The highest BCUT2D eigenvalue weighted by atomic mass is 19.1. The Balaban J connectivity index is 1.36. The Morgan fingerprint density at radius 3 is 2.55 bits per heavy atom. The average Bonchev–Trinajstić information content (AvgIpc) is 3.54. The monoisotopic (exact) mass is 459 g/mol. The summed E-state index contributed by atoms with van der Waals surface area (Å²) in [6.07, 6.45) is 7.53. The number of aliphatic hydroxyl groups excluding tert-OH is 1. The van der Waals surface area contributed by atoms with E-state index in [0.29, 0.717) is 38.2 Å². The molecule has 1 saturated heterocycles. The third kappa shape index (κ3) is 5.26. The Labute approximate surface area is 196 Å². The van der Waals surface area contributed by atoms with Crippen molar-refractivity contribution in [1.82, 2.24) is 15.1 Å². The van der Waals surface area contributed by atoms with Crippen LogP contribution in [0.5, 0.6) is 0 Å². The van der Waals surface area contributed by atoms with Gasteiger partial charge in [-0.1, -0.05) is 12.8 Å². The number of carbonyl (C=O) groups excluding carboxylic acids is 1. The fraction of sp³-hybridized carbons (Fsp3) is 0.760. The van der Waals surface area contributed by atoms with Crippen LogP contribution in [-0.2, 0) is 4.79 Å². The third-order valence-corrected chi connectivity index (χ3v) is 8.04. The average molecular weight is 460 g/mol. The number of hydrogen-bond acceptors (Lipinski definition) is 6. The summed E-state index contributed by atoms with van der Waals surface area (Å²) < 4.78 is 14.8. The lowest BCUT2D eigenvalue weighted by Crippen LogP contribution is -2.56. The van der Waals surface area contributed by atoms with E-state index in [9.17, 15) is 19.6 Å². The van der Waals surface area contributed by atoms with Crippen molar-refractivity contribution in [3.63, 3.8) is 0 Å². The van der Waals surface area contributed by atoms with Crippen molar-refractivity contribution >= 4 is 5.91 Å². The number of aliphatic hydroxyl groups is 1. The Morgan fingerprint density at radius 2 is 1.94 bits per heavy atom. The number of amides is 1. The van der Waals surface area contributed by atoms with Crippen LogP contribution in [0.2, 0.25) is 0 Å². The molecule has 4 aliphatic rings. The van der Waals surface area contributed by atoms with E-state index < -0.39 is 17.3 Å². The molecule has 3 atom stereocenters. The third-order valence-electron chi connectivity index (χ3n) is 8.04. The summed E-state index contributed by atoms with van der Waals surface area (Å²) in [6.45, 7) is 6.29. The van der Waals surface area contributed by atoms with Crippen LogP contribution in [0.4, 0.5) is 4.39 Å². The van der Waals surface area contributed by atoms with E-state index in [1.54, 1.807) is 19.9 Å². The van der Waals surface area contributed by atoms with Gasteiger partial charge in [0, 0.05) is 43.7 Å². The first-order chi connectivity index (χ1) is 15.6. The highest BCUT2D eigenvalue weighted by molar-refractivity contribution is 5.80. The lowest BCUT2D eigenvalue weighted by Gasteiger charge is -2.44. The molecule has 0 spiro atoms. The Morgan fingerprint density at radius 1 is 1.27 bits per heavy atom. The molecule has 3 fully saturated rings. The molecule has 0 bridgehead atoms. The van der Waals surface area contributed by atoms with Gasteiger partial charge in [0.2, 0.25) is 5.91 Å². The van der Waals surface area contributed by atoms with Crippen molar-refractivity contribution in [2.75, 3.05) is 26.2 Å². The minimum absolute atomic E-state index is 0.0110. The number of nitrogens with zero attached hydrogens (tertiary/aromatic N) is 3. The van der Waals surface area contributed by atoms with Gasteiger partial charge in [-0.15, -0.1) is 0 Å². The molecule has 0 aromatic heterocycles. The lowest BCUT2D eigenvalue weighted by molar-refractivity contribution is -0.137. The van der Waals surface area contributed by atoms with E-state index in [0.717, 1.165) is 50.6 Å². The minimum Gasteiger partial charge on any atom is -0.378 e. The maximum Gasteiger partial charge on any atom is 0.224 e. The fourth-order valence-corrected chi connectivity index (χ4v) is 5.59. The molecule has 1 aliphatic heterocycles. The topological polar surface area (TPSA) is 106 Å². The Kier molecular flexibility index (Phi) is 6.86. The zero-order valence-corrected chi connectivity index (χ0v) is 19.9. The summed E-state index contributed by atoms with van der Waals surface area (Å²) >= 11 is 0. The second kappa shape index (κ2) is 9.36. The Hall–Kier alpha value is -1.95. The zero-order valence-electron chi connectivity index (χ0n) is 19.9. The van der Waals surface area contributed by atoms with Crippen LogP contribution in [-0.4, -0.2) is 58.9 Å². The normalized spacial score (nSPS) is 29.2. The SMILES string of the molecule is CC(C)(C#N)C1=C(F)C=C(N2CCN(C(O)[C@@H]3CCCC[C@@H]3C(=O)NC3(N)CC3)CC2)CC1. The van der Waals surface area contributed by atoms with Gasteiger partial charge < -0.3 is 21.1 Å². The van der Waals surface area contributed by atoms with Gasteiger partial charge in [-0.3, -0.25) is 9.69 Å². The summed E-state index contributed by atoms with van der Waals surface area (Å²) in [6, 6.07) is 2.20. The fourth-order valence-electron chi connectivity index (χ4n) is 5.59. The summed E-state index contributed by atoms with van der Waals surface area (Å²) in [5, 5.41) is 23.5. The molecule has 2 saturated carbocycles. The number of rotatable bonds is 6. The second-order valence-electron chi connectivity index (χ2n) is 10.8. The number of nitrogens with one attached hydrogen (secondary N) is 1. The van der Waals surface area contributed by atoms with Gasteiger partial charge in [0.05, 0.1) is 17.1 Å². The summed E-state index contributed by atoms with van der Waals surface area (Å²) in [5.74, 6) is -0.578. The van der Waals surface area contributed by atoms with E-state index in [1.165, 1.54) is 0 Å². The lowest BCUT2D eigenvalue weighted by atomic mass is 9.77. The molecule has 7 nitrogen and oxygen atoms in total. The zero-order chi connectivity index (χ0) is 23.8. The van der Waals surface area contributed by atoms with Crippen molar-refractivity contribution in [3.05, 3.63) is 23.2 Å². The number of nitriles is 1. The predicted molar refractivity (Wildman–Crippen MR) is 124 cm³/mol. The van der Waals surface area contributed by atoms with E-state index in [-0.39, 0.29) is 23.6 Å². The van der Waals surface area contributed by atoms with Gasteiger partial charge in [0.15, 0.2) is 0 Å². The second-order valence-corrected chi connectivity index (χ2v) is 10.8. The van der Waals surface area contributed by atoms with Crippen molar-refractivity contribution in [2.45, 2.75) is 77.1 Å². The standard InChI is InChI=1S/C25H38FN5O2/c1-24(2,16-27)20-8-7-17(15-21(20)26)30-11-13-31(14-12-30)23(33)19-6-4-3-5-18(19)22(32)29-25(28)9-10-25/h15,18-19,23,33H,3-14,28H2,1-2H3,(H,29,32)/t18-,19+,23?/m0/s1. The minimum atomic E-state index is -0.791. The van der Waals surface area contributed by atoms with Crippen LogP contribution in [0.15, 0.2) is 23.2 Å². The largest absolute Gasteiger partial charge is 0.378 e. The van der Waals surface area contributed by atoms with Gasteiger partial charge in [-0.05, 0) is 64.0 Å². The number of nitrogens with two attached hydrogens (primary N) is 1. The molecule has 4 rings (SSSR count). The van der Waals surface area contributed by atoms with Gasteiger partial charge in [0.25, 0.3) is 0 Å². The smallest absolute Gasteiger partial charge is 0.224 e.